The number of piperidine rings is 1. The van der Waals surface area contributed by atoms with Crippen molar-refractivity contribution in [2.45, 2.75) is 40.0 Å². The zero-order valence-electron chi connectivity index (χ0n) is 12.2. The predicted molar refractivity (Wildman–Crippen MR) is 72.9 cm³/mol. The lowest BCUT2D eigenvalue weighted by atomic mass is 9.85. The lowest BCUT2D eigenvalue weighted by molar-refractivity contribution is -0.179. The van der Waals surface area contributed by atoms with Crippen molar-refractivity contribution >= 4 is 5.91 Å². The molecule has 1 aliphatic rings. The summed E-state index contributed by atoms with van der Waals surface area (Å²) in [4.78, 5) is 17.3. The number of rotatable bonds is 6. The first-order valence-electron chi connectivity index (χ1n) is 7.09. The van der Waals surface area contributed by atoms with Crippen LogP contribution in [0.25, 0.3) is 0 Å². The molecular weight excluding hydrogens is 228 g/mol. The average molecular weight is 256 g/mol. The van der Waals surface area contributed by atoms with Crippen molar-refractivity contribution in [2.75, 3.05) is 26.7 Å². The van der Waals surface area contributed by atoms with Crippen molar-refractivity contribution in [1.82, 2.24) is 10.4 Å². The Morgan fingerprint density at radius 3 is 2.67 bits per heavy atom. The Labute approximate surface area is 111 Å². The topological polar surface area (TPSA) is 41.6 Å². The second-order valence-corrected chi connectivity index (χ2v) is 5.82. The minimum absolute atomic E-state index is 0.115. The van der Waals surface area contributed by atoms with Gasteiger partial charge in [0.25, 0.3) is 0 Å². The van der Waals surface area contributed by atoms with Crippen molar-refractivity contribution in [3.63, 3.8) is 0 Å². The van der Waals surface area contributed by atoms with Crippen LogP contribution in [0.3, 0.4) is 0 Å². The lowest BCUT2D eigenvalue weighted by Gasteiger charge is -2.29. The summed E-state index contributed by atoms with van der Waals surface area (Å²) in [5.41, 5.74) is 0. The summed E-state index contributed by atoms with van der Waals surface area (Å²) in [5.74, 6) is 1.60. The van der Waals surface area contributed by atoms with Crippen molar-refractivity contribution in [2.24, 2.45) is 17.8 Å². The number of nitrogens with zero attached hydrogens (tertiary/aromatic N) is 1. The largest absolute Gasteiger partial charge is 0.316 e. The third-order valence-corrected chi connectivity index (χ3v) is 3.67. The second-order valence-electron chi connectivity index (χ2n) is 5.82. The van der Waals surface area contributed by atoms with Gasteiger partial charge in [0.1, 0.15) is 0 Å². The molecule has 1 amide bonds. The van der Waals surface area contributed by atoms with Crippen LogP contribution in [0.15, 0.2) is 0 Å². The first-order valence-corrected chi connectivity index (χ1v) is 7.09. The Morgan fingerprint density at radius 2 is 2.17 bits per heavy atom. The highest BCUT2D eigenvalue weighted by Crippen LogP contribution is 2.23. The maximum absolute atomic E-state index is 12.1. The van der Waals surface area contributed by atoms with Gasteiger partial charge in [-0.3, -0.25) is 9.63 Å². The van der Waals surface area contributed by atoms with Crippen LogP contribution in [0, 0.1) is 17.8 Å². The Morgan fingerprint density at radius 1 is 1.44 bits per heavy atom. The lowest BCUT2D eigenvalue weighted by Crippen LogP contribution is -2.38. The van der Waals surface area contributed by atoms with Crippen LogP contribution in [0.1, 0.15) is 40.0 Å². The van der Waals surface area contributed by atoms with E-state index in [-0.39, 0.29) is 5.91 Å². The van der Waals surface area contributed by atoms with Crippen molar-refractivity contribution in [1.29, 1.82) is 0 Å². The minimum atomic E-state index is 0.115. The Kier molecular flexibility index (Phi) is 6.65. The maximum Gasteiger partial charge on any atom is 0.246 e. The van der Waals surface area contributed by atoms with E-state index in [0.717, 1.165) is 13.1 Å². The quantitative estimate of drug-likeness (QED) is 0.740. The summed E-state index contributed by atoms with van der Waals surface area (Å²) in [5, 5.41) is 4.92. The van der Waals surface area contributed by atoms with Crippen molar-refractivity contribution < 1.29 is 9.63 Å². The Bertz CT molecular complexity index is 250. The highest BCUT2D eigenvalue weighted by Gasteiger charge is 2.24. The van der Waals surface area contributed by atoms with Gasteiger partial charge in [-0.2, -0.15) is 0 Å². The normalized spacial score (nSPS) is 21.9. The molecule has 0 bridgehead atoms. The molecule has 106 valence electrons. The summed E-state index contributed by atoms with van der Waals surface area (Å²) in [6, 6.07) is 0. The molecule has 1 heterocycles. The van der Waals surface area contributed by atoms with E-state index in [2.05, 4.69) is 26.1 Å². The third kappa shape index (κ3) is 4.94. The van der Waals surface area contributed by atoms with Gasteiger partial charge >= 0.3 is 0 Å². The summed E-state index contributed by atoms with van der Waals surface area (Å²) in [6.45, 7) is 9.20. The standard InChI is InChI=1S/C14H28N2O2/c1-11(2)10-16(18-4)14(17)8-12(3)13-6-5-7-15-9-13/h11-13,15H,5-10H2,1-4H3. The fourth-order valence-electron chi connectivity index (χ4n) is 2.52. The summed E-state index contributed by atoms with van der Waals surface area (Å²) in [6.07, 6.45) is 3.05. The third-order valence-electron chi connectivity index (χ3n) is 3.67. The SMILES string of the molecule is CON(CC(C)C)C(=O)CC(C)C1CCCNC1. The van der Waals surface area contributed by atoms with E-state index in [0.29, 0.717) is 30.7 Å². The summed E-state index contributed by atoms with van der Waals surface area (Å²) in [7, 11) is 1.58. The molecular formula is C14H28N2O2. The van der Waals surface area contributed by atoms with Gasteiger partial charge in [0.2, 0.25) is 5.91 Å². The van der Waals surface area contributed by atoms with Gasteiger partial charge in [0, 0.05) is 6.42 Å². The first-order chi connectivity index (χ1) is 8.54. The van der Waals surface area contributed by atoms with Gasteiger partial charge in [-0.25, -0.2) is 5.06 Å². The fourth-order valence-corrected chi connectivity index (χ4v) is 2.52. The Hall–Kier alpha value is -0.610. The Balaban J connectivity index is 2.41. The van der Waals surface area contributed by atoms with E-state index in [9.17, 15) is 4.79 Å². The number of hydrogen-bond donors (Lipinski definition) is 1. The average Bonchev–Trinajstić information content (AvgIpc) is 2.36. The van der Waals surface area contributed by atoms with E-state index >= 15 is 0 Å². The van der Waals surface area contributed by atoms with E-state index in [1.165, 1.54) is 17.9 Å². The fraction of sp³-hybridized carbons (Fsp3) is 0.929. The summed E-state index contributed by atoms with van der Waals surface area (Å²) >= 11 is 0. The molecule has 18 heavy (non-hydrogen) atoms. The van der Waals surface area contributed by atoms with Crippen LogP contribution in [0.4, 0.5) is 0 Å². The highest BCUT2D eigenvalue weighted by molar-refractivity contribution is 5.75. The highest BCUT2D eigenvalue weighted by atomic mass is 16.7. The number of carbonyl (C=O) groups excluding carboxylic acids is 1. The molecule has 0 aromatic rings. The van der Waals surface area contributed by atoms with Crippen LogP contribution in [0.2, 0.25) is 0 Å². The van der Waals surface area contributed by atoms with Crippen LogP contribution in [-0.4, -0.2) is 37.7 Å². The van der Waals surface area contributed by atoms with Gasteiger partial charge in [-0.1, -0.05) is 20.8 Å². The molecule has 1 rings (SSSR count). The molecule has 0 spiro atoms. The zero-order valence-corrected chi connectivity index (χ0v) is 12.2. The maximum atomic E-state index is 12.1. The second kappa shape index (κ2) is 7.74. The molecule has 2 atom stereocenters. The zero-order chi connectivity index (χ0) is 13.5. The van der Waals surface area contributed by atoms with Crippen LogP contribution in [-0.2, 0) is 9.63 Å². The molecule has 4 heteroatoms. The predicted octanol–water partition coefficient (Wildman–Crippen LogP) is 2.06. The van der Waals surface area contributed by atoms with Gasteiger partial charge < -0.3 is 5.32 Å². The van der Waals surface area contributed by atoms with E-state index in [1.54, 1.807) is 7.11 Å². The number of hydrogen-bond acceptors (Lipinski definition) is 3. The number of hydroxylamine groups is 2. The molecule has 0 aromatic carbocycles. The number of nitrogens with one attached hydrogen (secondary N) is 1. The van der Waals surface area contributed by atoms with Gasteiger partial charge in [-0.15, -0.1) is 0 Å². The van der Waals surface area contributed by atoms with Crippen molar-refractivity contribution in [3.05, 3.63) is 0 Å². The van der Waals surface area contributed by atoms with E-state index < -0.39 is 0 Å². The summed E-state index contributed by atoms with van der Waals surface area (Å²) < 4.78 is 0. The molecule has 0 aliphatic carbocycles. The number of carbonyl (C=O) groups is 1. The van der Waals surface area contributed by atoms with Crippen LogP contribution in [0.5, 0.6) is 0 Å². The molecule has 0 radical (unpaired) electrons. The minimum Gasteiger partial charge on any atom is -0.316 e. The monoisotopic (exact) mass is 256 g/mol. The van der Waals surface area contributed by atoms with E-state index in [4.69, 9.17) is 4.84 Å². The molecule has 0 aromatic heterocycles. The molecule has 2 unspecified atom stereocenters. The molecule has 1 saturated heterocycles. The molecule has 0 saturated carbocycles. The molecule has 1 aliphatic heterocycles. The van der Waals surface area contributed by atoms with E-state index in [1.807, 2.05) is 0 Å². The smallest absolute Gasteiger partial charge is 0.246 e. The van der Waals surface area contributed by atoms with Crippen LogP contribution < -0.4 is 5.32 Å². The number of amides is 1. The van der Waals surface area contributed by atoms with Gasteiger partial charge in [-0.05, 0) is 43.7 Å². The van der Waals surface area contributed by atoms with Gasteiger partial charge in [0.05, 0.1) is 13.7 Å². The van der Waals surface area contributed by atoms with Gasteiger partial charge in [0.15, 0.2) is 0 Å². The molecule has 1 N–H and O–H groups in total. The van der Waals surface area contributed by atoms with Crippen LogP contribution >= 0.6 is 0 Å². The first kappa shape index (κ1) is 15.4. The van der Waals surface area contributed by atoms with Crippen molar-refractivity contribution in [3.8, 4) is 0 Å². The molecule has 1 fully saturated rings. The molecule has 4 nitrogen and oxygen atoms in total.